The van der Waals surface area contributed by atoms with E-state index in [0.29, 0.717) is 17.5 Å². The van der Waals surface area contributed by atoms with Gasteiger partial charge in [0.2, 0.25) is 0 Å². The number of pyridine rings is 1. The van der Waals surface area contributed by atoms with Crippen LogP contribution in [0.25, 0.3) is 5.52 Å². The van der Waals surface area contributed by atoms with Gasteiger partial charge in [0.1, 0.15) is 5.82 Å². The van der Waals surface area contributed by atoms with Crippen molar-refractivity contribution < 1.29 is 14.3 Å². The summed E-state index contributed by atoms with van der Waals surface area (Å²) in [5.41, 5.74) is 4.69. The van der Waals surface area contributed by atoms with E-state index >= 15 is 0 Å². The molecule has 0 aliphatic carbocycles. The average Bonchev–Trinajstić information content (AvgIpc) is 3.18. The Morgan fingerprint density at radius 2 is 2.16 bits per heavy atom. The zero-order valence-corrected chi connectivity index (χ0v) is 13.3. The number of aromatic nitrogens is 2. The number of hydrogen-bond acceptors (Lipinski definition) is 4. The summed E-state index contributed by atoms with van der Waals surface area (Å²) >= 11 is 0. The Balaban J connectivity index is 1.59. The monoisotopic (exact) mass is 340 g/mol. The molecule has 25 heavy (non-hydrogen) atoms. The first kappa shape index (κ1) is 15.7. The van der Waals surface area contributed by atoms with Gasteiger partial charge in [-0.25, -0.2) is 13.9 Å². The van der Waals surface area contributed by atoms with Crippen molar-refractivity contribution in [2.45, 2.75) is 18.6 Å². The number of nitrogens with zero attached hydrogens (tertiary/aromatic N) is 3. The fourth-order valence-electron chi connectivity index (χ4n) is 3.27. The van der Waals surface area contributed by atoms with Crippen LogP contribution in [-0.2, 0) is 0 Å². The molecule has 128 valence electrons. The Labute approximate surface area is 143 Å². The zero-order valence-electron chi connectivity index (χ0n) is 13.3. The molecule has 4 rings (SSSR count). The Morgan fingerprint density at radius 3 is 3.00 bits per heavy atom. The predicted molar refractivity (Wildman–Crippen MR) is 89.1 cm³/mol. The lowest BCUT2D eigenvalue weighted by atomic mass is 10.0. The first-order valence-electron chi connectivity index (χ1n) is 8.05. The molecule has 0 radical (unpaired) electrons. The van der Waals surface area contributed by atoms with E-state index in [1.165, 1.54) is 18.3 Å². The van der Waals surface area contributed by atoms with E-state index in [0.717, 1.165) is 5.56 Å². The van der Waals surface area contributed by atoms with Crippen molar-refractivity contribution in [2.24, 2.45) is 0 Å². The lowest BCUT2D eigenvalue weighted by Crippen LogP contribution is -2.42. The summed E-state index contributed by atoms with van der Waals surface area (Å²) in [4.78, 5) is 12.7. The van der Waals surface area contributed by atoms with E-state index in [4.69, 9.17) is 0 Å². The minimum atomic E-state index is -0.586. The van der Waals surface area contributed by atoms with E-state index in [1.807, 2.05) is 18.2 Å². The van der Waals surface area contributed by atoms with Gasteiger partial charge in [0.05, 0.1) is 29.4 Å². The van der Waals surface area contributed by atoms with Crippen LogP contribution in [0.3, 0.4) is 0 Å². The Morgan fingerprint density at radius 1 is 1.28 bits per heavy atom. The number of carbonyl (C=O) groups is 1. The van der Waals surface area contributed by atoms with Crippen LogP contribution in [0.15, 0.2) is 54.9 Å². The molecule has 0 saturated carbocycles. The van der Waals surface area contributed by atoms with Crippen LogP contribution < -0.4 is 5.43 Å². The molecule has 2 atom stereocenters. The first-order chi connectivity index (χ1) is 12.1. The van der Waals surface area contributed by atoms with E-state index in [1.54, 1.807) is 27.9 Å². The maximum atomic E-state index is 13.5. The second-order valence-electron chi connectivity index (χ2n) is 6.14. The van der Waals surface area contributed by atoms with E-state index < -0.39 is 6.10 Å². The van der Waals surface area contributed by atoms with Gasteiger partial charge in [0, 0.05) is 12.7 Å². The van der Waals surface area contributed by atoms with E-state index in [9.17, 15) is 14.3 Å². The molecule has 0 spiro atoms. The molecule has 3 aromatic rings. The Hall–Kier alpha value is -2.77. The number of hydrazine groups is 1. The zero-order chi connectivity index (χ0) is 17.4. The Bertz CT molecular complexity index is 926. The number of carbonyl (C=O) groups excluding carboxylic acids is 1. The van der Waals surface area contributed by atoms with Crippen LogP contribution >= 0.6 is 0 Å². The fraction of sp³-hybridized carbons (Fsp3) is 0.222. The van der Waals surface area contributed by atoms with Gasteiger partial charge in [-0.1, -0.05) is 18.2 Å². The van der Waals surface area contributed by atoms with Gasteiger partial charge in [0.15, 0.2) is 0 Å². The quantitative estimate of drug-likeness (QED) is 0.764. The molecule has 3 heterocycles. The molecule has 1 fully saturated rings. The molecular formula is C18H17FN4O2. The third-order valence-corrected chi connectivity index (χ3v) is 4.43. The molecule has 1 aromatic carbocycles. The number of β-amino-alcohol motifs (C(OH)–C–C–N with tert-alkyl or cyclic N) is 1. The number of hydrogen-bond donors (Lipinski definition) is 2. The average molecular weight is 340 g/mol. The number of fused-ring (bicyclic) bond motifs is 1. The van der Waals surface area contributed by atoms with E-state index in [-0.39, 0.29) is 24.3 Å². The van der Waals surface area contributed by atoms with E-state index in [2.05, 4.69) is 10.5 Å². The van der Waals surface area contributed by atoms with Gasteiger partial charge in [-0.05, 0) is 36.2 Å². The van der Waals surface area contributed by atoms with Gasteiger partial charge in [-0.3, -0.25) is 10.2 Å². The van der Waals surface area contributed by atoms with Crippen LogP contribution in [0.2, 0.25) is 0 Å². The lowest BCUT2D eigenvalue weighted by molar-refractivity contribution is 0.0743. The molecule has 7 heteroatoms. The van der Waals surface area contributed by atoms with Crippen molar-refractivity contribution in [1.82, 2.24) is 20.0 Å². The standard InChI is InChI=1S/C18H17FN4O2/c19-13-5-3-4-12(8-13)17-9-14(24)11-23(17)21-18(25)15-10-20-22-7-2-1-6-16(15)22/h1-8,10,14,17,24H,9,11H2,(H,21,25)/t14-,17-/m1/s1. The molecule has 1 aliphatic heterocycles. The number of aliphatic hydroxyl groups is 1. The molecule has 2 aromatic heterocycles. The number of rotatable bonds is 3. The number of nitrogens with one attached hydrogen (secondary N) is 1. The SMILES string of the molecule is O=C(NN1C[C@H](O)C[C@@H]1c1cccc(F)c1)c1cnn2ccccc12. The van der Waals surface area contributed by atoms with Crippen molar-refractivity contribution >= 4 is 11.4 Å². The number of amides is 1. The fourth-order valence-corrected chi connectivity index (χ4v) is 3.27. The van der Waals surface area contributed by atoms with Gasteiger partial charge < -0.3 is 5.11 Å². The highest BCUT2D eigenvalue weighted by molar-refractivity contribution is 6.00. The summed E-state index contributed by atoms with van der Waals surface area (Å²) in [6, 6.07) is 11.4. The third-order valence-electron chi connectivity index (χ3n) is 4.43. The molecule has 6 nitrogen and oxygen atoms in total. The summed E-state index contributed by atoms with van der Waals surface area (Å²) < 4.78 is 15.1. The second kappa shape index (κ2) is 6.27. The Kier molecular flexibility index (Phi) is 3.95. The van der Waals surface area contributed by atoms with Crippen molar-refractivity contribution in [2.75, 3.05) is 6.54 Å². The van der Waals surface area contributed by atoms with Crippen molar-refractivity contribution in [1.29, 1.82) is 0 Å². The van der Waals surface area contributed by atoms with Crippen molar-refractivity contribution in [3.63, 3.8) is 0 Å². The summed E-state index contributed by atoms with van der Waals surface area (Å²) in [5, 5.41) is 15.8. The molecule has 2 N–H and O–H groups in total. The van der Waals surface area contributed by atoms with Gasteiger partial charge in [-0.2, -0.15) is 5.10 Å². The second-order valence-corrected chi connectivity index (χ2v) is 6.14. The van der Waals surface area contributed by atoms with Gasteiger partial charge >= 0.3 is 0 Å². The molecule has 1 saturated heterocycles. The van der Waals surface area contributed by atoms with Crippen LogP contribution in [0.5, 0.6) is 0 Å². The summed E-state index contributed by atoms with van der Waals surface area (Å²) in [6.07, 6.45) is 3.12. The smallest absolute Gasteiger partial charge is 0.269 e. The lowest BCUT2D eigenvalue weighted by Gasteiger charge is -2.25. The minimum Gasteiger partial charge on any atom is -0.392 e. The summed E-state index contributed by atoms with van der Waals surface area (Å²) in [7, 11) is 0. The minimum absolute atomic E-state index is 0.281. The highest BCUT2D eigenvalue weighted by Gasteiger charge is 2.33. The number of benzene rings is 1. The maximum absolute atomic E-state index is 13.5. The van der Waals surface area contributed by atoms with Gasteiger partial charge in [0.25, 0.3) is 5.91 Å². The highest BCUT2D eigenvalue weighted by atomic mass is 19.1. The highest BCUT2D eigenvalue weighted by Crippen LogP contribution is 2.31. The molecule has 1 aliphatic rings. The molecule has 1 amide bonds. The summed E-state index contributed by atoms with van der Waals surface area (Å²) in [6.45, 7) is 0.284. The normalized spacial score (nSPS) is 20.9. The largest absolute Gasteiger partial charge is 0.392 e. The molecular weight excluding hydrogens is 323 g/mol. The topological polar surface area (TPSA) is 69.9 Å². The number of aliphatic hydroxyl groups excluding tert-OH is 1. The van der Waals surface area contributed by atoms with Gasteiger partial charge in [-0.15, -0.1) is 0 Å². The van der Waals surface area contributed by atoms with Crippen LogP contribution in [-0.4, -0.2) is 38.3 Å². The molecule has 0 unspecified atom stereocenters. The first-order valence-corrected chi connectivity index (χ1v) is 8.05. The van der Waals surface area contributed by atoms with Crippen LogP contribution in [0, 0.1) is 5.82 Å². The van der Waals surface area contributed by atoms with Crippen LogP contribution in [0.1, 0.15) is 28.4 Å². The van der Waals surface area contributed by atoms with Crippen LogP contribution in [0.4, 0.5) is 4.39 Å². The van der Waals surface area contributed by atoms with Crippen molar-refractivity contribution in [3.8, 4) is 0 Å². The summed E-state index contributed by atoms with van der Waals surface area (Å²) in [5.74, 6) is -0.649. The van der Waals surface area contributed by atoms with Crippen molar-refractivity contribution in [3.05, 3.63) is 71.8 Å². The predicted octanol–water partition coefficient (Wildman–Crippen LogP) is 1.93. The number of halogens is 1. The molecule has 0 bridgehead atoms. The maximum Gasteiger partial charge on any atom is 0.269 e. The third kappa shape index (κ3) is 2.99.